The highest BCUT2D eigenvalue weighted by Crippen LogP contribution is 2.53. The molecule has 158 valence electrons. The molecule has 3 aliphatic heterocycles. The minimum absolute atomic E-state index is 0.680. The van der Waals surface area contributed by atoms with E-state index in [0.29, 0.717) is 18.0 Å². The van der Waals surface area contributed by atoms with Gasteiger partial charge in [0.15, 0.2) is 0 Å². The van der Waals surface area contributed by atoms with Crippen molar-refractivity contribution in [2.24, 2.45) is 0 Å². The van der Waals surface area contributed by atoms with Gasteiger partial charge in [0.05, 0.1) is 18.0 Å². The highest BCUT2D eigenvalue weighted by atomic mass is 16.5. The van der Waals surface area contributed by atoms with E-state index < -0.39 is 0 Å². The molecule has 0 saturated heterocycles. The van der Waals surface area contributed by atoms with Gasteiger partial charge in [-0.2, -0.15) is 0 Å². The summed E-state index contributed by atoms with van der Waals surface area (Å²) in [5.41, 5.74) is 7.38. The molecule has 4 aliphatic rings. The van der Waals surface area contributed by atoms with Gasteiger partial charge < -0.3 is 19.4 Å². The zero-order chi connectivity index (χ0) is 20.2. The predicted molar refractivity (Wildman–Crippen MR) is 123 cm³/mol. The van der Waals surface area contributed by atoms with Crippen LogP contribution >= 0.6 is 0 Å². The third-order valence-electron chi connectivity index (χ3n) is 8.16. The first-order valence-electron chi connectivity index (χ1n) is 11.7. The number of nitrogens with zero attached hydrogens (tertiary/aromatic N) is 3. The number of benzene rings is 2. The molecule has 0 amide bonds. The number of rotatable bonds is 4. The van der Waals surface area contributed by atoms with Crippen molar-refractivity contribution in [2.45, 2.75) is 50.1 Å². The van der Waals surface area contributed by atoms with E-state index >= 15 is 0 Å². The fourth-order valence-electron chi connectivity index (χ4n) is 6.49. The quantitative estimate of drug-likeness (QED) is 0.766. The second-order valence-electron chi connectivity index (χ2n) is 9.71. The van der Waals surface area contributed by atoms with Gasteiger partial charge in [-0.3, -0.25) is 0 Å². The van der Waals surface area contributed by atoms with Crippen molar-refractivity contribution in [3.05, 3.63) is 53.1 Å². The van der Waals surface area contributed by atoms with Crippen LogP contribution < -0.4 is 14.5 Å². The van der Waals surface area contributed by atoms with Crippen molar-refractivity contribution in [3.8, 4) is 5.75 Å². The summed E-state index contributed by atoms with van der Waals surface area (Å²) in [6.07, 6.45) is 6.08. The summed E-state index contributed by atoms with van der Waals surface area (Å²) in [6.45, 7) is 4.29. The SMILES string of the molecule is CN1CCN2c3c(cccc31)[C@@H]1CC(N(C)CCc3cccc4c3OCC4)CC[C@@H]12. The summed E-state index contributed by atoms with van der Waals surface area (Å²) < 4.78 is 5.93. The molecule has 1 saturated carbocycles. The number of hydrogen-bond acceptors (Lipinski definition) is 4. The fourth-order valence-corrected chi connectivity index (χ4v) is 6.49. The van der Waals surface area contributed by atoms with Crippen molar-refractivity contribution in [1.82, 2.24) is 4.90 Å². The number of likely N-dealkylation sites (N-methyl/N-ethyl adjacent to an activating group) is 2. The number of para-hydroxylation sites is 2. The molecule has 0 spiro atoms. The molecular formula is C26H33N3O. The average Bonchev–Trinajstić information content (AvgIpc) is 3.38. The summed E-state index contributed by atoms with van der Waals surface area (Å²) in [5, 5.41) is 0. The Morgan fingerprint density at radius 3 is 2.93 bits per heavy atom. The lowest BCUT2D eigenvalue weighted by molar-refractivity contribution is 0.172. The molecular weight excluding hydrogens is 370 g/mol. The van der Waals surface area contributed by atoms with Gasteiger partial charge in [-0.05, 0) is 55.5 Å². The van der Waals surface area contributed by atoms with Crippen molar-refractivity contribution in [1.29, 1.82) is 0 Å². The molecule has 0 radical (unpaired) electrons. The molecule has 1 unspecified atom stereocenters. The summed E-state index contributed by atoms with van der Waals surface area (Å²) in [7, 11) is 4.58. The number of ether oxygens (including phenoxy) is 1. The topological polar surface area (TPSA) is 19.0 Å². The molecule has 0 aromatic heterocycles. The van der Waals surface area contributed by atoms with Gasteiger partial charge in [0.1, 0.15) is 5.75 Å². The predicted octanol–water partition coefficient (Wildman–Crippen LogP) is 4.07. The first-order chi connectivity index (χ1) is 14.7. The van der Waals surface area contributed by atoms with Crippen molar-refractivity contribution in [2.75, 3.05) is 50.1 Å². The number of fused-ring (bicyclic) bond motifs is 4. The van der Waals surface area contributed by atoms with Crippen LogP contribution in [-0.2, 0) is 12.8 Å². The molecule has 0 bridgehead atoms. The molecule has 1 fully saturated rings. The summed E-state index contributed by atoms with van der Waals surface area (Å²) >= 11 is 0. The smallest absolute Gasteiger partial charge is 0.125 e. The van der Waals surface area contributed by atoms with Crippen molar-refractivity contribution in [3.63, 3.8) is 0 Å². The molecule has 3 heterocycles. The molecule has 0 N–H and O–H groups in total. The van der Waals surface area contributed by atoms with Crippen LogP contribution in [0.3, 0.4) is 0 Å². The lowest BCUT2D eigenvalue weighted by atomic mass is 9.79. The molecule has 4 nitrogen and oxygen atoms in total. The Kier molecular flexibility index (Phi) is 4.45. The van der Waals surface area contributed by atoms with Gasteiger partial charge in [-0.15, -0.1) is 0 Å². The van der Waals surface area contributed by atoms with Gasteiger partial charge in [0.25, 0.3) is 0 Å². The molecule has 2 aromatic rings. The van der Waals surface area contributed by atoms with Crippen LogP contribution in [-0.4, -0.2) is 57.3 Å². The first-order valence-corrected chi connectivity index (χ1v) is 11.7. The summed E-state index contributed by atoms with van der Waals surface area (Å²) in [6, 6.07) is 15.1. The van der Waals surface area contributed by atoms with E-state index in [1.54, 1.807) is 11.3 Å². The van der Waals surface area contributed by atoms with Gasteiger partial charge in [0.2, 0.25) is 0 Å². The van der Waals surface area contributed by atoms with E-state index in [1.807, 2.05) is 0 Å². The maximum atomic E-state index is 5.93. The zero-order valence-electron chi connectivity index (χ0n) is 18.3. The summed E-state index contributed by atoms with van der Waals surface area (Å²) in [5.74, 6) is 1.86. The normalized spacial score (nSPS) is 26.4. The van der Waals surface area contributed by atoms with Gasteiger partial charge in [-0.1, -0.05) is 30.3 Å². The molecule has 30 heavy (non-hydrogen) atoms. The molecule has 3 atom stereocenters. The molecule has 4 heteroatoms. The maximum Gasteiger partial charge on any atom is 0.125 e. The van der Waals surface area contributed by atoms with E-state index in [0.717, 1.165) is 32.5 Å². The Hall–Kier alpha value is -2.20. The maximum absolute atomic E-state index is 5.93. The minimum Gasteiger partial charge on any atom is -0.493 e. The Bertz CT molecular complexity index is 957. The van der Waals surface area contributed by atoms with Crippen LogP contribution in [0.25, 0.3) is 0 Å². The molecule has 1 aliphatic carbocycles. The standard InChI is InChI=1S/C26H33N3O/c1-27(13-11-18-5-3-6-19-12-16-30-26(18)19)20-9-10-23-22(17-20)21-7-4-8-24-25(21)29(23)15-14-28(24)2/h3-8,20,22-23H,9-17H2,1-2H3/t20?,22-,23-/m0/s1. The lowest BCUT2D eigenvalue weighted by Crippen LogP contribution is -2.47. The summed E-state index contributed by atoms with van der Waals surface area (Å²) in [4.78, 5) is 7.81. The fraction of sp³-hybridized carbons (Fsp3) is 0.538. The molecule has 6 rings (SSSR count). The van der Waals surface area contributed by atoms with Crippen molar-refractivity contribution >= 4 is 11.4 Å². The van der Waals surface area contributed by atoms with Crippen LogP contribution in [0.15, 0.2) is 36.4 Å². The number of hydrogen-bond donors (Lipinski definition) is 0. The Balaban J connectivity index is 1.17. The average molecular weight is 404 g/mol. The second-order valence-corrected chi connectivity index (χ2v) is 9.71. The van der Waals surface area contributed by atoms with Gasteiger partial charge in [0, 0.05) is 51.1 Å². The van der Waals surface area contributed by atoms with Crippen LogP contribution in [0.4, 0.5) is 11.4 Å². The van der Waals surface area contributed by atoms with E-state index in [-0.39, 0.29) is 0 Å². The highest BCUT2D eigenvalue weighted by molar-refractivity contribution is 5.80. The minimum atomic E-state index is 0.680. The van der Waals surface area contributed by atoms with E-state index in [4.69, 9.17) is 4.74 Å². The van der Waals surface area contributed by atoms with E-state index in [2.05, 4.69) is 65.2 Å². The first kappa shape index (κ1) is 18.6. The van der Waals surface area contributed by atoms with Gasteiger partial charge in [-0.25, -0.2) is 0 Å². The van der Waals surface area contributed by atoms with E-state index in [1.165, 1.54) is 48.4 Å². The van der Waals surface area contributed by atoms with Crippen LogP contribution in [0.5, 0.6) is 5.75 Å². The van der Waals surface area contributed by atoms with Crippen LogP contribution in [0.1, 0.15) is 41.9 Å². The zero-order valence-corrected chi connectivity index (χ0v) is 18.3. The van der Waals surface area contributed by atoms with Crippen molar-refractivity contribution < 1.29 is 4.74 Å². The monoisotopic (exact) mass is 403 g/mol. The molecule has 2 aromatic carbocycles. The highest BCUT2D eigenvalue weighted by Gasteiger charge is 2.45. The Morgan fingerprint density at radius 1 is 1.10 bits per heavy atom. The third-order valence-corrected chi connectivity index (χ3v) is 8.16. The van der Waals surface area contributed by atoms with Crippen LogP contribution in [0, 0.1) is 0 Å². The van der Waals surface area contributed by atoms with Gasteiger partial charge >= 0.3 is 0 Å². The lowest BCUT2D eigenvalue weighted by Gasteiger charge is -2.42. The van der Waals surface area contributed by atoms with E-state index in [9.17, 15) is 0 Å². The second kappa shape index (κ2) is 7.19. The number of anilines is 2. The Labute approximate surface area is 180 Å². The Morgan fingerprint density at radius 2 is 2.00 bits per heavy atom. The largest absolute Gasteiger partial charge is 0.493 e. The third kappa shape index (κ3) is 2.84. The van der Waals surface area contributed by atoms with Crippen LogP contribution in [0.2, 0.25) is 0 Å².